The van der Waals surface area contributed by atoms with Gasteiger partial charge in [0.05, 0.1) is 23.7 Å². The normalized spacial score (nSPS) is 11.6. The summed E-state index contributed by atoms with van der Waals surface area (Å²) in [5.41, 5.74) is 5.83. The first-order valence-electron chi connectivity index (χ1n) is 8.93. The van der Waals surface area contributed by atoms with E-state index < -0.39 is 0 Å². The summed E-state index contributed by atoms with van der Waals surface area (Å²) in [7, 11) is 0. The highest BCUT2D eigenvalue weighted by molar-refractivity contribution is 5.96. The van der Waals surface area contributed by atoms with Crippen molar-refractivity contribution in [2.45, 2.75) is 33.1 Å². The maximum Gasteiger partial charge on any atom is 0.323 e. The molecule has 0 spiro atoms. The molecule has 2 aromatic heterocycles. The van der Waals surface area contributed by atoms with Crippen molar-refractivity contribution in [2.75, 3.05) is 5.32 Å². The van der Waals surface area contributed by atoms with E-state index in [0.717, 1.165) is 16.5 Å². The lowest BCUT2D eigenvalue weighted by Crippen LogP contribution is -2.14. The molecular weight excluding hydrogens is 342 g/mol. The summed E-state index contributed by atoms with van der Waals surface area (Å²) in [6, 6.07) is 9.41. The first kappa shape index (κ1) is 17.1. The number of aryl methyl sites for hydroxylation is 1. The fourth-order valence-corrected chi connectivity index (χ4v) is 3.49. The molecule has 0 saturated heterocycles. The van der Waals surface area contributed by atoms with Crippen LogP contribution in [0.1, 0.15) is 36.5 Å². The molecule has 1 amide bonds. The molecule has 0 atom stereocenters. The maximum atomic E-state index is 12.5. The van der Waals surface area contributed by atoms with Gasteiger partial charge in [-0.1, -0.05) is 13.8 Å². The number of rotatable bonds is 4. The number of furan rings is 1. The zero-order valence-electron chi connectivity index (χ0n) is 15.5. The Labute approximate surface area is 155 Å². The number of hydrogen-bond donors (Lipinski definition) is 3. The van der Waals surface area contributed by atoms with Crippen LogP contribution in [0.4, 0.5) is 5.69 Å². The van der Waals surface area contributed by atoms with Crippen LogP contribution in [0.2, 0.25) is 0 Å². The molecule has 2 heterocycles. The molecule has 0 unspecified atom stereocenters. The Kier molecular flexibility index (Phi) is 4.11. The summed E-state index contributed by atoms with van der Waals surface area (Å²) in [5.74, 6) is 0.266. The minimum absolute atomic E-state index is 0.137. The van der Waals surface area contributed by atoms with Crippen molar-refractivity contribution in [2.24, 2.45) is 0 Å². The number of amides is 1. The predicted molar refractivity (Wildman–Crippen MR) is 106 cm³/mol. The van der Waals surface area contributed by atoms with Gasteiger partial charge in [-0.05, 0) is 54.3 Å². The van der Waals surface area contributed by atoms with Crippen LogP contribution in [0.3, 0.4) is 0 Å². The van der Waals surface area contributed by atoms with E-state index in [-0.39, 0.29) is 18.0 Å². The van der Waals surface area contributed by atoms with E-state index in [1.54, 1.807) is 24.5 Å². The van der Waals surface area contributed by atoms with Crippen LogP contribution < -0.4 is 11.0 Å². The number of H-pyrrole nitrogens is 2. The number of fused-ring (bicyclic) bond motifs is 2. The number of hydrogen-bond acceptors (Lipinski definition) is 3. The van der Waals surface area contributed by atoms with E-state index in [2.05, 4.69) is 42.1 Å². The quantitative estimate of drug-likeness (QED) is 0.507. The second-order valence-electron chi connectivity index (χ2n) is 7.19. The number of imidazole rings is 1. The number of carbonyl (C=O) groups excluding carboxylic acids is 1. The predicted octanol–water partition coefficient (Wildman–Crippen LogP) is 4.22. The van der Waals surface area contributed by atoms with E-state index in [4.69, 9.17) is 4.42 Å². The van der Waals surface area contributed by atoms with Crippen molar-refractivity contribution in [1.82, 2.24) is 9.97 Å². The molecule has 4 rings (SSSR count). The molecule has 0 radical (unpaired) electrons. The van der Waals surface area contributed by atoms with Crippen LogP contribution in [0.25, 0.3) is 22.0 Å². The lowest BCUT2D eigenvalue weighted by atomic mass is 9.95. The van der Waals surface area contributed by atoms with E-state index in [9.17, 15) is 9.59 Å². The molecule has 3 N–H and O–H groups in total. The topological polar surface area (TPSA) is 90.9 Å². The monoisotopic (exact) mass is 363 g/mol. The number of anilines is 1. The fraction of sp³-hybridized carbons (Fsp3) is 0.238. The first-order chi connectivity index (χ1) is 12.9. The Balaban J connectivity index is 1.58. The molecule has 6 heteroatoms. The molecule has 0 aliphatic carbocycles. The van der Waals surface area contributed by atoms with Crippen molar-refractivity contribution >= 4 is 33.6 Å². The van der Waals surface area contributed by atoms with Crippen molar-refractivity contribution < 1.29 is 9.21 Å². The Morgan fingerprint density at radius 1 is 1.15 bits per heavy atom. The number of carbonyl (C=O) groups is 1. The first-order valence-corrected chi connectivity index (χ1v) is 8.93. The molecule has 0 saturated carbocycles. The maximum absolute atomic E-state index is 12.5. The van der Waals surface area contributed by atoms with Crippen molar-refractivity contribution in [3.63, 3.8) is 0 Å². The number of benzene rings is 2. The Hall–Kier alpha value is -3.28. The van der Waals surface area contributed by atoms with Crippen LogP contribution in [0, 0.1) is 6.92 Å². The van der Waals surface area contributed by atoms with Gasteiger partial charge in [-0.2, -0.15) is 0 Å². The number of aromatic nitrogens is 2. The van der Waals surface area contributed by atoms with Crippen molar-refractivity contribution in [1.29, 1.82) is 0 Å². The average Bonchev–Trinajstić information content (AvgIpc) is 3.15. The molecule has 0 fully saturated rings. The Bertz CT molecular complexity index is 1210. The SMILES string of the molecule is Cc1cc2occ(CC(=O)Nc3ccc4[nH]c(=O)[nH]c4c3)c2cc1C(C)C. The second-order valence-corrected chi connectivity index (χ2v) is 7.19. The average molecular weight is 363 g/mol. The molecular formula is C21H21N3O3. The van der Waals surface area contributed by atoms with Crippen molar-refractivity contribution in [3.05, 3.63) is 63.8 Å². The van der Waals surface area contributed by atoms with E-state index in [0.29, 0.717) is 22.6 Å². The minimum Gasteiger partial charge on any atom is -0.464 e. The minimum atomic E-state index is -0.269. The Morgan fingerprint density at radius 2 is 1.93 bits per heavy atom. The van der Waals surface area contributed by atoms with Crippen molar-refractivity contribution in [3.8, 4) is 0 Å². The van der Waals surface area contributed by atoms with Gasteiger partial charge in [0, 0.05) is 16.6 Å². The zero-order chi connectivity index (χ0) is 19.1. The van der Waals surface area contributed by atoms with Gasteiger partial charge in [0.1, 0.15) is 5.58 Å². The Morgan fingerprint density at radius 3 is 2.70 bits per heavy atom. The fourth-order valence-electron chi connectivity index (χ4n) is 3.49. The van der Waals surface area contributed by atoms with Crippen LogP contribution in [-0.4, -0.2) is 15.9 Å². The van der Waals surface area contributed by atoms with Crippen LogP contribution in [0.15, 0.2) is 45.8 Å². The highest BCUT2D eigenvalue weighted by Crippen LogP contribution is 2.29. The standard InChI is InChI=1S/C21H21N3O3/c1-11(2)15-9-16-13(10-27-19(16)6-12(15)3)7-20(25)22-14-4-5-17-18(8-14)24-21(26)23-17/h4-6,8-11H,7H2,1-3H3,(H,22,25)(H2,23,24,26). The van der Waals surface area contributed by atoms with Gasteiger partial charge in [0.2, 0.25) is 5.91 Å². The summed E-state index contributed by atoms with van der Waals surface area (Å²) in [6.45, 7) is 6.38. The van der Waals surface area contributed by atoms with Gasteiger partial charge >= 0.3 is 5.69 Å². The summed E-state index contributed by atoms with van der Waals surface area (Å²) in [6.07, 6.45) is 1.87. The molecule has 138 valence electrons. The van der Waals surface area contributed by atoms with Gasteiger partial charge in [0.15, 0.2) is 0 Å². The van der Waals surface area contributed by atoms with Crippen LogP contribution in [0.5, 0.6) is 0 Å². The summed E-state index contributed by atoms with van der Waals surface area (Å²) >= 11 is 0. The van der Waals surface area contributed by atoms with Gasteiger partial charge < -0.3 is 19.7 Å². The van der Waals surface area contributed by atoms with E-state index in [1.807, 2.05) is 6.07 Å². The van der Waals surface area contributed by atoms with E-state index in [1.165, 1.54) is 11.1 Å². The molecule has 0 aliphatic rings. The molecule has 0 aliphatic heterocycles. The summed E-state index contributed by atoms with van der Waals surface area (Å²) in [5, 5.41) is 3.86. The smallest absolute Gasteiger partial charge is 0.323 e. The second kappa shape index (κ2) is 6.46. The lowest BCUT2D eigenvalue weighted by molar-refractivity contribution is -0.115. The highest BCUT2D eigenvalue weighted by atomic mass is 16.3. The number of nitrogens with one attached hydrogen (secondary N) is 3. The third kappa shape index (κ3) is 3.26. The van der Waals surface area contributed by atoms with Gasteiger partial charge in [-0.3, -0.25) is 4.79 Å². The number of aromatic amines is 2. The van der Waals surface area contributed by atoms with Gasteiger partial charge in [-0.25, -0.2) is 4.79 Å². The third-order valence-corrected chi connectivity index (χ3v) is 4.82. The van der Waals surface area contributed by atoms with Crippen LogP contribution in [-0.2, 0) is 11.2 Å². The zero-order valence-corrected chi connectivity index (χ0v) is 15.5. The molecule has 4 aromatic rings. The molecule has 0 bridgehead atoms. The van der Waals surface area contributed by atoms with E-state index >= 15 is 0 Å². The summed E-state index contributed by atoms with van der Waals surface area (Å²) in [4.78, 5) is 29.2. The molecule has 27 heavy (non-hydrogen) atoms. The van der Waals surface area contributed by atoms with Gasteiger partial charge in [0.25, 0.3) is 0 Å². The van der Waals surface area contributed by atoms with Gasteiger partial charge in [-0.15, -0.1) is 0 Å². The largest absolute Gasteiger partial charge is 0.464 e. The van der Waals surface area contributed by atoms with Crippen LogP contribution >= 0.6 is 0 Å². The molecule has 6 nitrogen and oxygen atoms in total. The highest BCUT2D eigenvalue weighted by Gasteiger charge is 2.14. The lowest BCUT2D eigenvalue weighted by Gasteiger charge is -2.10. The molecule has 2 aromatic carbocycles. The summed E-state index contributed by atoms with van der Waals surface area (Å²) < 4.78 is 5.65. The third-order valence-electron chi connectivity index (χ3n) is 4.82.